The van der Waals surface area contributed by atoms with E-state index in [1.165, 1.54) is 180 Å². The van der Waals surface area contributed by atoms with Gasteiger partial charge in [-0.25, -0.2) is 0 Å². The molecule has 5 aliphatic carbocycles. The minimum Gasteiger partial charge on any atom is -0.379 e. The number of ether oxygens (including phenoxy) is 4. The molecule has 1 heterocycles. The van der Waals surface area contributed by atoms with Gasteiger partial charge in [-0.05, 0) is 181 Å². The van der Waals surface area contributed by atoms with Crippen LogP contribution in [-0.2, 0) is 18.9 Å². The molecule has 0 radical (unpaired) electrons. The molecule has 5 fully saturated rings. The third kappa shape index (κ3) is 16.8. The van der Waals surface area contributed by atoms with E-state index >= 15 is 0 Å². The largest absolute Gasteiger partial charge is 0.379 e. The smallest absolute Gasteiger partial charge is 0.0936 e. The van der Waals surface area contributed by atoms with Crippen molar-refractivity contribution in [1.82, 2.24) is 4.90 Å². The lowest BCUT2D eigenvalue weighted by atomic mass is 9.54. The molecule has 6 unspecified atom stereocenters. The minimum absolute atomic E-state index is 0.0573. The molecule has 0 aromatic rings. The van der Waals surface area contributed by atoms with Gasteiger partial charge >= 0.3 is 0 Å². The van der Waals surface area contributed by atoms with Gasteiger partial charge < -0.3 is 23.8 Å². The second kappa shape index (κ2) is 28.3. The molecule has 6 aliphatic rings. The Morgan fingerprint density at radius 2 is 1.42 bits per heavy atom. The van der Waals surface area contributed by atoms with Crippen LogP contribution >= 0.6 is 0 Å². The van der Waals surface area contributed by atoms with Crippen molar-refractivity contribution in [3.8, 4) is 0 Å². The zero-order valence-electron chi connectivity index (χ0n) is 45.4. The molecule has 0 spiro atoms. The van der Waals surface area contributed by atoms with Gasteiger partial charge in [0.1, 0.15) is 0 Å². The fourth-order valence-corrected chi connectivity index (χ4v) is 15.1. The van der Waals surface area contributed by atoms with Crippen LogP contribution in [0.1, 0.15) is 235 Å². The standard InChI is InChI=1S/C62H109NO4/c1-8-9-10-11-12-13-14-15-16-17-18-19-20-21-22-27-42-65-49-53(48-63-41-40-60(5)36-25-26-37-61(60,6)50-63)66-45-43-64-44-46-67-62(7)39-34-54-52(47-62)29-30-56-55(54)31-32-58-57(56)33-38-59(58,4)35-24-23-28-51(2)3/h12-13,15-16,29,51,53-58H,8-11,14,17-28,30-50H2,1-7H3/t53?,54?,55?,56?,57?,58?,59-,60-,61+,62-/m0/s1. The fraction of sp³-hybridized carbons (Fsp3) is 0.903. The van der Waals surface area contributed by atoms with Crippen LogP contribution in [0, 0.1) is 51.8 Å². The first kappa shape index (κ1) is 55.3. The number of unbranched alkanes of at least 4 members (excludes halogenated alkanes) is 10. The molecule has 1 saturated heterocycles. The van der Waals surface area contributed by atoms with Crippen LogP contribution in [0.15, 0.2) is 36.0 Å². The highest BCUT2D eigenvalue weighted by molar-refractivity contribution is 5.21. The monoisotopic (exact) mass is 932 g/mol. The van der Waals surface area contributed by atoms with E-state index in [1.54, 1.807) is 5.57 Å². The molecule has 0 aromatic carbocycles. The first-order valence-electron chi connectivity index (χ1n) is 29.6. The maximum atomic E-state index is 6.71. The Balaban J connectivity index is 0.852. The van der Waals surface area contributed by atoms with Gasteiger partial charge in [0.2, 0.25) is 0 Å². The summed E-state index contributed by atoms with van der Waals surface area (Å²) in [4.78, 5) is 2.71. The van der Waals surface area contributed by atoms with E-state index in [4.69, 9.17) is 18.9 Å². The Hall–Kier alpha value is -0.980. The molecule has 4 saturated carbocycles. The lowest BCUT2D eigenvalue weighted by Crippen LogP contribution is -2.56. The van der Waals surface area contributed by atoms with E-state index in [0.29, 0.717) is 49.3 Å². The average molecular weight is 933 g/mol. The Kier molecular flexibility index (Phi) is 23.4. The van der Waals surface area contributed by atoms with Gasteiger partial charge in [0.25, 0.3) is 0 Å². The van der Waals surface area contributed by atoms with Gasteiger partial charge in [-0.1, -0.05) is 148 Å². The first-order chi connectivity index (χ1) is 32.5. The highest BCUT2D eigenvalue weighted by Crippen LogP contribution is 2.63. The van der Waals surface area contributed by atoms with Crippen LogP contribution in [0.2, 0.25) is 0 Å². The first-order valence-corrected chi connectivity index (χ1v) is 29.6. The number of fused-ring (bicyclic) bond motifs is 6. The van der Waals surface area contributed by atoms with Crippen LogP contribution < -0.4 is 0 Å². The quantitative estimate of drug-likeness (QED) is 0.0497. The van der Waals surface area contributed by atoms with Crippen molar-refractivity contribution in [2.75, 3.05) is 59.3 Å². The highest BCUT2D eigenvalue weighted by Gasteiger charge is 2.54. The third-order valence-electron chi connectivity index (χ3n) is 19.6. The number of nitrogens with zero attached hydrogens (tertiary/aromatic N) is 1. The van der Waals surface area contributed by atoms with E-state index in [9.17, 15) is 0 Å². The van der Waals surface area contributed by atoms with Crippen molar-refractivity contribution in [2.24, 2.45) is 51.8 Å². The Bertz CT molecular complexity index is 1470. The number of rotatable bonds is 32. The molecule has 0 N–H and O–H groups in total. The number of hydrogen-bond acceptors (Lipinski definition) is 5. The van der Waals surface area contributed by atoms with Crippen LogP contribution in [0.3, 0.4) is 0 Å². The van der Waals surface area contributed by atoms with Crippen molar-refractivity contribution in [3.63, 3.8) is 0 Å². The number of hydrogen-bond donors (Lipinski definition) is 0. The van der Waals surface area contributed by atoms with E-state index in [-0.39, 0.29) is 11.7 Å². The lowest BCUT2D eigenvalue weighted by Gasteiger charge is -2.56. The number of piperidine rings is 1. The van der Waals surface area contributed by atoms with Crippen LogP contribution in [0.5, 0.6) is 0 Å². The maximum absolute atomic E-state index is 6.71. The summed E-state index contributed by atoms with van der Waals surface area (Å²) in [6.45, 7) is 24.7. The SMILES string of the molecule is CCCCCC=CCC=CCCCCCCCCOCC(CN1CC[C@]2(C)CCCC[C@]2(C)C1)OCCOCCO[C@@]1(C)CCC2C(=CCC3C2CCC2C3CC[C@]2(C)CCCCC(C)C)C1. The summed E-state index contributed by atoms with van der Waals surface area (Å²) in [5.41, 5.74) is 3.19. The molecular formula is C62H109NO4. The summed E-state index contributed by atoms with van der Waals surface area (Å²) in [6.07, 6.45) is 51.0. The van der Waals surface area contributed by atoms with Gasteiger partial charge in [0.05, 0.1) is 44.7 Å². The van der Waals surface area contributed by atoms with Gasteiger partial charge in [-0.2, -0.15) is 0 Å². The summed E-state index contributed by atoms with van der Waals surface area (Å²) in [5.74, 6) is 5.48. The second-order valence-electron chi connectivity index (χ2n) is 25.2. The Labute approximate surface area is 415 Å². The molecule has 0 aromatic heterocycles. The molecule has 5 heteroatoms. The van der Waals surface area contributed by atoms with Crippen LogP contribution in [0.25, 0.3) is 0 Å². The van der Waals surface area contributed by atoms with E-state index in [1.807, 2.05) is 0 Å². The van der Waals surface area contributed by atoms with Gasteiger partial charge in [0, 0.05) is 19.7 Å². The summed E-state index contributed by atoms with van der Waals surface area (Å²) < 4.78 is 25.9. The summed E-state index contributed by atoms with van der Waals surface area (Å²) in [7, 11) is 0. The molecule has 0 bridgehead atoms. The van der Waals surface area contributed by atoms with E-state index < -0.39 is 0 Å². The maximum Gasteiger partial charge on any atom is 0.0936 e. The van der Waals surface area contributed by atoms with Crippen molar-refractivity contribution >= 4 is 0 Å². The molecule has 1 aliphatic heterocycles. The molecule has 67 heavy (non-hydrogen) atoms. The number of allylic oxidation sites excluding steroid dienone is 5. The van der Waals surface area contributed by atoms with Gasteiger partial charge in [-0.15, -0.1) is 0 Å². The number of likely N-dealkylation sites (tertiary alicyclic amines) is 1. The van der Waals surface area contributed by atoms with Crippen LogP contribution in [-0.4, -0.2) is 75.9 Å². The predicted molar refractivity (Wildman–Crippen MR) is 285 cm³/mol. The van der Waals surface area contributed by atoms with Crippen molar-refractivity contribution < 1.29 is 18.9 Å². The van der Waals surface area contributed by atoms with Gasteiger partial charge in [-0.3, -0.25) is 0 Å². The van der Waals surface area contributed by atoms with E-state index in [0.717, 1.165) is 67.9 Å². The van der Waals surface area contributed by atoms with Crippen molar-refractivity contribution in [3.05, 3.63) is 36.0 Å². The second-order valence-corrected chi connectivity index (χ2v) is 25.2. The Morgan fingerprint density at radius 1 is 0.672 bits per heavy atom. The lowest BCUT2D eigenvalue weighted by molar-refractivity contribution is -0.100. The minimum atomic E-state index is -0.0573. The molecule has 386 valence electrons. The summed E-state index contributed by atoms with van der Waals surface area (Å²) in [5, 5.41) is 0. The molecule has 6 rings (SSSR count). The predicted octanol–water partition coefficient (Wildman–Crippen LogP) is 16.7. The Morgan fingerprint density at radius 3 is 2.21 bits per heavy atom. The molecular weight excluding hydrogens is 823 g/mol. The normalized spacial score (nSPS) is 33.8. The zero-order chi connectivity index (χ0) is 47.4. The summed E-state index contributed by atoms with van der Waals surface area (Å²) >= 11 is 0. The summed E-state index contributed by atoms with van der Waals surface area (Å²) in [6, 6.07) is 0. The van der Waals surface area contributed by atoms with Crippen LogP contribution in [0.4, 0.5) is 0 Å². The zero-order valence-corrected chi connectivity index (χ0v) is 45.4. The third-order valence-corrected chi connectivity index (χ3v) is 19.6. The highest BCUT2D eigenvalue weighted by atomic mass is 16.6. The van der Waals surface area contributed by atoms with Crippen molar-refractivity contribution in [1.29, 1.82) is 0 Å². The molecule has 10 atom stereocenters. The molecule has 5 nitrogen and oxygen atoms in total. The fourth-order valence-electron chi connectivity index (χ4n) is 15.1. The van der Waals surface area contributed by atoms with E-state index in [2.05, 4.69) is 83.7 Å². The van der Waals surface area contributed by atoms with Gasteiger partial charge in [0.15, 0.2) is 0 Å². The average Bonchev–Trinajstić information content (AvgIpc) is 3.65. The topological polar surface area (TPSA) is 40.2 Å². The molecule has 0 amide bonds. The van der Waals surface area contributed by atoms with Crippen molar-refractivity contribution in [2.45, 2.75) is 246 Å².